The molecule has 7 heteroatoms. The molecule has 0 aromatic heterocycles. The van der Waals surface area contributed by atoms with Crippen LogP contribution in [0.25, 0.3) is 0 Å². The molecule has 0 aliphatic heterocycles. The van der Waals surface area contributed by atoms with Gasteiger partial charge in [0.05, 0.1) is 0 Å². The number of amides is 3. The second-order valence-corrected chi connectivity index (χ2v) is 5.26. The number of primary amides is 1. The molecule has 0 radical (unpaired) electrons. The zero-order valence-electron chi connectivity index (χ0n) is 11.8. The molecule has 0 spiro atoms. The monoisotopic (exact) mass is 273 g/mol. The van der Waals surface area contributed by atoms with Crippen LogP contribution in [0.15, 0.2) is 0 Å². The van der Waals surface area contributed by atoms with E-state index in [1.807, 2.05) is 13.8 Å². The minimum absolute atomic E-state index is 0.124. The molecular weight excluding hydrogens is 250 g/mol. The van der Waals surface area contributed by atoms with Crippen molar-refractivity contribution in [3.63, 3.8) is 0 Å². The van der Waals surface area contributed by atoms with E-state index in [1.54, 1.807) is 13.8 Å². The predicted molar refractivity (Wildman–Crippen MR) is 70.4 cm³/mol. The lowest BCUT2D eigenvalue weighted by Crippen LogP contribution is -2.54. The van der Waals surface area contributed by atoms with Crippen molar-refractivity contribution in [2.24, 2.45) is 17.6 Å². The first-order valence-corrected chi connectivity index (χ1v) is 6.24. The number of hydrogen-bond donors (Lipinski definition) is 4. The molecule has 0 aliphatic carbocycles. The summed E-state index contributed by atoms with van der Waals surface area (Å²) in [5.74, 6) is -1.81. The van der Waals surface area contributed by atoms with Crippen LogP contribution in [0.4, 0.5) is 4.79 Å². The zero-order valence-corrected chi connectivity index (χ0v) is 11.8. The third-order valence-electron chi connectivity index (χ3n) is 2.57. The lowest BCUT2D eigenvalue weighted by molar-refractivity contribution is -0.139. The second-order valence-electron chi connectivity index (χ2n) is 5.26. The maximum atomic E-state index is 11.7. The van der Waals surface area contributed by atoms with E-state index in [0.29, 0.717) is 6.42 Å². The Hall–Kier alpha value is -1.79. The first kappa shape index (κ1) is 17.2. The van der Waals surface area contributed by atoms with Gasteiger partial charge in [-0.3, -0.25) is 4.79 Å². The molecule has 0 aromatic carbocycles. The average Bonchev–Trinajstić information content (AvgIpc) is 2.23. The summed E-state index contributed by atoms with van der Waals surface area (Å²) < 4.78 is 0. The van der Waals surface area contributed by atoms with Gasteiger partial charge in [0, 0.05) is 0 Å². The molecule has 2 unspecified atom stereocenters. The smallest absolute Gasteiger partial charge is 0.326 e. The van der Waals surface area contributed by atoms with Crippen LogP contribution < -0.4 is 16.4 Å². The van der Waals surface area contributed by atoms with E-state index in [2.05, 4.69) is 10.6 Å². The van der Waals surface area contributed by atoms with Crippen molar-refractivity contribution in [1.82, 2.24) is 10.6 Å². The van der Waals surface area contributed by atoms with Gasteiger partial charge in [-0.15, -0.1) is 0 Å². The van der Waals surface area contributed by atoms with Crippen LogP contribution in [0.3, 0.4) is 0 Å². The van der Waals surface area contributed by atoms with Crippen LogP contribution in [0, 0.1) is 11.8 Å². The Labute approximate surface area is 112 Å². The number of carbonyl (C=O) groups excluding carboxylic acids is 2. The van der Waals surface area contributed by atoms with E-state index in [4.69, 9.17) is 10.8 Å². The summed E-state index contributed by atoms with van der Waals surface area (Å²) >= 11 is 0. The SMILES string of the molecule is CC(C)CC(NC(=O)NC(C(N)=O)C(C)C)C(=O)O. The minimum Gasteiger partial charge on any atom is -0.480 e. The number of carbonyl (C=O) groups is 3. The van der Waals surface area contributed by atoms with Gasteiger partial charge in [-0.1, -0.05) is 27.7 Å². The van der Waals surface area contributed by atoms with Crippen LogP contribution >= 0.6 is 0 Å². The Balaban J connectivity index is 4.56. The number of urea groups is 1. The lowest BCUT2D eigenvalue weighted by Gasteiger charge is -2.22. The molecule has 7 nitrogen and oxygen atoms in total. The minimum atomic E-state index is -1.11. The van der Waals surface area contributed by atoms with Crippen LogP contribution in [-0.4, -0.2) is 35.1 Å². The second kappa shape index (κ2) is 7.60. The van der Waals surface area contributed by atoms with Gasteiger partial charge in [0.25, 0.3) is 0 Å². The van der Waals surface area contributed by atoms with Gasteiger partial charge in [0.1, 0.15) is 12.1 Å². The number of nitrogens with one attached hydrogen (secondary N) is 2. The molecule has 0 aliphatic rings. The highest BCUT2D eigenvalue weighted by atomic mass is 16.4. The molecule has 19 heavy (non-hydrogen) atoms. The summed E-state index contributed by atoms with van der Waals surface area (Å²) in [6.45, 7) is 7.18. The summed E-state index contributed by atoms with van der Waals surface area (Å²) in [5, 5.41) is 13.7. The van der Waals surface area contributed by atoms with Gasteiger partial charge in [-0.05, 0) is 18.3 Å². The highest BCUT2D eigenvalue weighted by Gasteiger charge is 2.25. The first-order valence-electron chi connectivity index (χ1n) is 6.24. The van der Waals surface area contributed by atoms with Crippen molar-refractivity contribution in [3.05, 3.63) is 0 Å². The fourth-order valence-corrected chi connectivity index (χ4v) is 1.60. The van der Waals surface area contributed by atoms with Crippen LogP contribution in [0.2, 0.25) is 0 Å². The van der Waals surface area contributed by atoms with E-state index in [1.165, 1.54) is 0 Å². The number of aliphatic carboxylic acids is 1. The van der Waals surface area contributed by atoms with Gasteiger partial charge in [-0.2, -0.15) is 0 Å². The summed E-state index contributed by atoms with van der Waals surface area (Å²) in [4.78, 5) is 33.8. The summed E-state index contributed by atoms with van der Waals surface area (Å²) in [5.41, 5.74) is 5.16. The molecule has 0 saturated heterocycles. The van der Waals surface area contributed by atoms with Crippen molar-refractivity contribution in [1.29, 1.82) is 0 Å². The lowest BCUT2D eigenvalue weighted by atomic mass is 10.0. The van der Waals surface area contributed by atoms with Gasteiger partial charge < -0.3 is 21.5 Å². The van der Waals surface area contributed by atoms with Gasteiger partial charge in [0.15, 0.2) is 0 Å². The number of carboxylic acid groups (broad SMARTS) is 1. The van der Waals surface area contributed by atoms with Gasteiger partial charge in [-0.25, -0.2) is 9.59 Å². The van der Waals surface area contributed by atoms with E-state index in [9.17, 15) is 14.4 Å². The van der Waals surface area contributed by atoms with Crippen molar-refractivity contribution in [3.8, 4) is 0 Å². The zero-order chi connectivity index (χ0) is 15.2. The number of rotatable bonds is 7. The Kier molecular flexibility index (Phi) is 6.89. The number of carboxylic acids is 1. The van der Waals surface area contributed by atoms with Gasteiger partial charge >= 0.3 is 12.0 Å². The highest BCUT2D eigenvalue weighted by molar-refractivity contribution is 5.88. The summed E-state index contributed by atoms with van der Waals surface area (Å²) in [6, 6.07) is -2.51. The van der Waals surface area contributed by atoms with Crippen LogP contribution in [0.5, 0.6) is 0 Å². The molecule has 0 aromatic rings. The Morgan fingerprint density at radius 1 is 1.11 bits per heavy atom. The molecule has 2 atom stereocenters. The molecule has 5 N–H and O–H groups in total. The van der Waals surface area contributed by atoms with Crippen molar-refractivity contribution >= 4 is 17.9 Å². The fraction of sp³-hybridized carbons (Fsp3) is 0.750. The molecule has 0 rings (SSSR count). The third kappa shape index (κ3) is 6.64. The van der Waals surface area contributed by atoms with E-state index in [0.717, 1.165) is 0 Å². The van der Waals surface area contributed by atoms with Crippen LogP contribution in [-0.2, 0) is 9.59 Å². The standard InChI is InChI=1S/C12H23N3O4/c1-6(2)5-8(11(17)18)14-12(19)15-9(7(3)4)10(13)16/h6-9H,5H2,1-4H3,(H2,13,16)(H,17,18)(H2,14,15,19). The summed E-state index contributed by atoms with van der Waals surface area (Å²) in [7, 11) is 0. The topological polar surface area (TPSA) is 122 Å². The molecule has 0 bridgehead atoms. The Morgan fingerprint density at radius 2 is 1.63 bits per heavy atom. The number of nitrogens with two attached hydrogens (primary N) is 1. The normalized spacial score (nSPS) is 14.0. The number of hydrogen-bond acceptors (Lipinski definition) is 3. The maximum Gasteiger partial charge on any atom is 0.326 e. The van der Waals surface area contributed by atoms with E-state index < -0.39 is 30.0 Å². The average molecular weight is 273 g/mol. The van der Waals surface area contributed by atoms with E-state index in [-0.39, 0.29) is 11.8 Å². The largest absolute Gasteiger partial charge is 0.480 e. The fourth-order valence-electron chi connectivity index (χ4n) is 1.60. The molecule has 0 saturated carbocycles. The Bertz CT molecular complexity index is 342. The van der Waals surface area contributed by atoms with Gasteiger partial charge in [0.2, 0.25) is 5.91 Å². The first-order chi connectivity index (χ1) is 8.65. The molecule has 3 amide bonds. The summed E-state index contributed by atoms with van der Waals surface area (Å²) in [6.07, 6.45) is 0.311. The Morgan fingerprint density at radius 3 is 1.95 bits per heavy atom. The van der Waals surface area contributed by atoms with Crippen molar-refractivity contribution in [2.45, 2.75) is 46.2 Å². The molecular formula is C12H23N3O4. The predicted octanol–water partition coefficient (Wildman–Crippen LogP) is 0.295. The highest BCUT2D eigenvalue weighted by Crippen LogP contribution is 2.05. The molecule has 110 valence electrons. The molecule has 0 fully saturated rings. The quantitative estimate of drug-likeness (QED) is 0.532. The third-order valence-corrected chi connectivity index (χ3v) is 2.57. The van der Waals surface area contributed by atoms with Crippen LogP contribution in [0.1, 0.15) is 34.1 Å². The maximum absolute atomic E-state index is 11.7. The molecule has 0 heterocycles. The van der Waals surface area contributed by atoms with Crippen molar-refractivity contribution < 1.29 is 19.5 Å². The van der Waals surface area contributed by atoms with E-state index >= 15 is 0 Å². The van der Waals surface area contributed by atoms with Crippen molar-refractivity contribution in [2.75, 3.05) is 0 Å².